The fourth-order valence-electron chi connectivity index (χ4n) is 1.99. The largest absolute Gasteiger partial charge is 0.395 e. The molecule has 1 saturated carbocycles. The summed E-state index contributed by atoms with van der Waals surface area (Å²) in [6.07, 6.45) is 0.0933. The molecule has 0 heterocycles. The Morgan fingerprint density at radius 3 is 2.47 bits per heavy atom. The molecule has 3 nitrogen and oxygen atoms in total. The van der Waals surface area contributed by atoms with E-state index in [0.717, 1.165) is 17.8 Å². The molecule has 5 heteroatoms. The zero-order chi connectivity index (χ0) is 13.7. The van der Waals surface area contributed by atoms with Gasteiger partial charge in [-0.1, -0.05) is 12.1 Å². The number of halogens is 2. The number of hydrogen-bond acceptors (Lipinski definition) is 3. The Balaban J connectivity index is 1.93. The van der Waals surface area contributed by atoms with Gasteiger partial charge in [0.2, 0.25) is 0 Å². The minimum atomic E-state index is -2.40. The quantitative estimate of drug-likeness (QED) is 0.758. The number of benzene rings is 1. The summed E-state index contributed by atoms with van der Waals surface area (Å²) in [5, 5.41) is 12.3. The Hall–Kier alpha value is -1.20. The molecule has 0 amide bonds. The molecule has 0 aromatic heterocycles. The van der Waals surface area contributed by atoms with Crippen LogP contribution in [0.15, 0.2) is 24.3 Å². The highest BCUT2D eigenvalue weighted by atomic mass is 19.3. The molecule has 19 heavy (non-hydrogen) atoms. The summed E-state index contributed by atoms with van der Waals surface area (Å²) >= 11 is 0. The number of aliphatic hydroxyl groups excluding tert-OH is 1. The van der Waals surface area contributed by atoms with Crippen LogP contribution in [0.25, 0.3) is 0 Å². The Kier molecular flexibility index (Phi) is 5.10. The lowest BCUT2D eigenvalue weighted by Crippen LogP contribution is -2.31. The van der Waals surface area contributed by atoms with E-state index in [4.69, 9.17) is 5.11 Å². The van der Waals surface area contributed by atoms with Gasteiger partial charge in [-0.2, -0.15) is 0 Å². The fourth-order valence-corrected chi connectivity index (χ4v) is 1.99. The van der Waals surface area contributed by atoms with E-state index in [1.165, 1.54) is 17.7 Å². The van der Waals surface area contributed by atoms with E-state index in [0.29, 0.717) is 6.04 Å². The molecule has 1 fully saturated rings. The van der Waals surface area contributed by atoms with Crippen molar-refractivity contribution in [3.63, 3.8) is 0 Å². The molecular formula is C14H20F2N2O. The van der Waals surface area contributed by atoms with Crippen LogP contribution >= 0.6 is 0 Å². The molecule has 0 bridgehead atoms. The topological polar surface area (TPSA) is 35.5 Å². The molecule has 0 radical (unpaired) electrons. The third-order valence-corrected chi connectivity index (χ3v) is 3.20. The van der Waals surface area contributed by atoms with E-state index >= 15 is 0 Å². The van der Waals surface area contributed by atoms with Crippen LogP contribution in [0.4, 0.5) is 14.5 Å². The molecule has 106 valence electrons. The number of rotatable bonds is 8. The molecule has 1 aromatic rings. The number of anilines is 1. The van der Waals surface area contributed by atoms with Crippen molar-refractivity contribution in [2.24, 2.45) is 0 Å². The SMILES string of the molecule is OCCN(CC(F)F)c1ccc(CNC2CC2)cc1. The van der Waals surface area contributed by atoms with Gasteiger partial charge in [0.25, 0.3) is 6.43 Å². The van der Waals surface area contributed by atoms with E-state index in [1.54, 1.807) is 0 Å². The Bertz CT molecular complexity index is 380. The van der Waals surface area contributed by atoms with Gasteiger partial charge >= 0.3 is 0 Å². The Morgan fingerprint density at radius 1 is 1.26 bits per heavy atom. The van der Waals surface area contributed by atoms with Crippen LogP contribution in [0.5, 0.6) is 0 Å². The maximum Gasteiger partial charge on any atom is 0.255 e. The van der Waals surface area contributed by atoms with Gasteiger partial charge in [-0.3, -0.25) is 0 Å². The van der Waals surface area contributed by atoms with Crippen molar-refractivity contribution in [2.45, 2.75) is 31.9 Å². The minimum absolute atomic E-state index is 0.127. The van der Waals surface area contributed by atoms with E-state index in [9.17, 15) is 8.78 Å². The molecule has 0 aliphatic heterocycles. The molecule has 2 N–H and O–H groups in total. The Labute approximate surface area is 112 Å². The molecule has 0 spiro atoms. The summed E-state index contributed by atoms with van der Waals surface area (Å²) in [6.45, 7) is 0.571. The smallest absolute Gasteiger partial charge is 0.255 e. The predicted molar refractivity (Wildman–Crippen MR) is 71.6 cm³/mol. The van der Waals surface area contributed by atoms with E-state index in [-0.39, 0.29) is 19.7 Å². The van der Waals surface area contributed by atoms with Crippen LogP contribution < -0.4 is 10.2 Å². The summed E-state index contributed by atoms with van der Waals surface area (Å²) in [6, 6.07) is 8.22. The molecule has 0 atom stereocenters. The van der Waals surface area contributed by atoms with Gasteiger partial charge in [0, 0.05) is 24.8 Å². The summed E-state index contributed by atoms with van der Waals surface area (Å²) in [5.41, 5.74) is 1.88. The van der Waals surface area contributed by atoms with Crippen LogP contribution in [0.1, 0.15) is 18.4 Å². The monoisotopic (exact) mass is 270 g/mol. The lowest BCUT2D eigenvalue weighted by atomic mass is 10.2. The number of nitrogens with zero attached hydrogens (tertiary/aromatic N) is 1. The number of alkyl halides is 2. The van der Waals surface area contributed by atoms with Gasteiger partial charge in [-0.05, 0) is 30.5 Å². The van der Waals surface area contributed by atoms with Crippen molar-refractivity contribution in [2.75, 3.05) is 24.6 Å². The minimum Gasteiger partial charge on any atom is -0.395 e. The van der Waals surface area contributed by atoms with Crippen molar-refractivity contribution in [1.82, 2.24) is 5.32 Å². The van der Waals surface area contributed by atoms with Crippen LogP contribution in [0.2, 0.25) is 0 Å². The number of nitrogens with one attached hydrogen (secondary N) is 1. The highest BCUT2D eigenvalue weighted by Gasteiger charge is 2.19. The highest BCUT2D eigenvalue weighted by molar-refractivity contribution is 5.47. The molecular weight excluding hydrogens is 250 g/mol. The molecule has 1 aliphatic rings. The van der Waals surface area contributed by atoms with Gasteiger partial charge in [-0.25, -0.2) is 8.78 Å². The summed E-state index contributed by atoms with van der Waals surface area (Å²) in [5.74, 6) is 0. The number of hydrogen-bond donors (Lipinski definition) is 2. The van der Waals surface area contributed by atoms with E-state index in [1.807, 2.05) is 24.3 Å². The van der Waals surface area contributed by atoms with Crippen molar-refractivity contribution in [3.8, 4) is 0 Å². The summed E-state index contributed by atoms with van der Waals surface area (Å²) < 4.78 is 24.9. The van der Waals surface area contributed by atoms with Gasteiger partial charge < -0.3 is 15.3 Å². The zero-order valence-electron chi connectivity index (χ0n) is 10.9. The van der Waals surface area contributed by atoms with Crippen LogP contribution in [0.3, 0.4) is 0 Å². The fraction of sp³-hybridized carbons (Fsp3) is 0.571. The van der Waals surface area contributed by atoms with Crippen LogP contribution in [-0.4, -0.2) is 37.3 Å². The average molecular weight is 270 g/mol. The molecule has 1 aliphatic carbocycles. The van der Waals surface area contributed by atoms with Gasteiger partial charge in [-0.15, -0.1) is 0 Å². The van der Waals surface area contributed by atoms with Crippen molar-refractivity contribution in [3.05, 3.63) is 29.8 Å². The lowest BCUT2D eigenvalue weighted by molar-refractivity contribution is 0.153. The molecule has 0 saturated heterocycles. The molecule has 1 aromatic carbocycles. The van der Waals surface area contributed by atoms with Crippen molar-refractivity contribution >= 4 is 5.69 Å². The standard InChI is InChI=1S/C14H20F2N2O/c15-14(16)10-18(7-8-19)13-5-1-11(2-6-13)9-17-12-3-4-12/h1-2,5-6,12,14,17,19H,3-4,7-10H2. The van der Waals surface area contributed by atoms with Crippen LogP contribution in [0, 0.1) is 0 Å². The maximum absolute atomic E-state index is 12.5. The van der Waals surface area contributed by atoms with Crippen molar-refractivity contribution in [1.29, 1.82) is 0 Å². The second-order valence-corrected chi connectivity index (χ2v) is 4.88. The van der Waals surface area contributed by atoms with Gasteiger partial charge in [0.1, 0.15) is 0 Å². The van der Waals surface area contributed by atoms with Crippen LogP contribution in [-0.2, 0) is 6.54 Å². The van der Waals surface area contributed by atoms with Crippen molar-refractivity contribution < 1.29 is 13.9 Å². The average Bonchev–Trinajstić information content (AvgIpc) is 3.20. The first kappa shape index (κ1) is 14.2. The van der Waals surface area contributed by atoms with E-state index < -0.39 is 6.43 Å². The lowest BCUT2D eigenvalue weighted by Gasteiger charge is -2.23. The predicted octanol–water partition coefficient (Wildman–Crippen LogP) is 2.00. The van der Waals surface area contributed by atoms with Gasteiger partial charge in [0.05, 0.1) is 13.2 Å². The third-order valence-electron chi connectivity index (χ3n) is 3.20. The first-order valence-electron chi connectivity index (χ1n) is 6.65. The normalized spacial score (nSPS) is 14.9. The molecule has 0 unspecified atom stereocenters. The highest BCUT2D eigenvalue weighted by Crippen LogP contribution is 2.20. The second-order valence-electron chi connectivity index (χ2n) is 4.88. The second kappa shape index (κ2) is 6.82. The first-order valence-corrected chi connectivity index (χ1v) is 6.65. The Morgan fingerprint density at radius 2 is 1.95 bits per heavy atom. The number of aliphatic hydroxyl groups is 1. The van der Waals surface area contributed by atoms with E-state index in [2.05, 4.69) is 5.32 Å². The maximum atomic E-state index is 12.5. The molecule has 2 rings (SSSR count). The zero-order valence-corrected chi connectivity index (χ0v) is 10.9. The first-order chi connectivity index (χ1) is 9.19. The van der Waals surface area contributed by atoms with Gasteiger partial charge in [0.15, 0.2) is 0 Å². The summed E-state index contributed by atoms with van der Waals surface area (Å²) in [7, 11) is 0. The third kappa shape index (κ3) is 4.76. The summed E-state index contributed by atoms with van der Waals surface area (Å²) in [4.78, 5) is 1.50.